The number of rotatable bonds is 6. The molecule has 0 amide bonds. The molecule has 0 saturated carbocycles. The topological polar surface area (TPSA) is 121 Å². The van der Waals surface area contributed by atoms with Crippen molar-refractivity contribution in [2.24, 2.45) is 5.41 Å². The lowest BCUT2D eigenvalue weighted by molar-refractivity contribution is -0.384. The number of benzene rings is 1. The third-order valence-corrected chi connectivity index (χ3v) is 2.73. The number of hydrogen-bond acceptors (Lipinski definition) is 6. The minimum Gasteiger partial charge on any atom is -0.395 e. The monoisotopic (exact) mass is 255 g/mol. The Morgan fingerprint density at radius 2 is 1.56 bits per heavy atom. The van der Waals surface area contributed by atoms with Gasteiger partial charge in [-0.3, -0.25) is 14.9 Å². The highest BCUT2D eigenvalue weighted by Crippen LogP contribution is 2.23. The third-order valence-electron chi connectivity index (χ3n) is 2.73. The van der Waals surface area contributed by atoms with Crippen molar-refractivity contribution >= 4 is 11.5 Å². The molecule has 7 nitrogen and oxygen atoms in total. The highest BCUT2D eigenvalue weighted by atomic mass is 16.6. The predicted molar refractivity (Wildman–Crippen MR) is 61.1 cm³/mol. The number of non-ortho nitro benzene ring substituents is 1. The molecule has 0 aromatic heterocycles. The van der Waals surface area contributed by atoms with Crippen LogP contribution in [-0.2, 0) is 0 Å². The molecule has 0 radical (unpaired) electrons. The molecular formula is C11H13NO6. The lowest BCUT2D eigenvalue weighted by Gasteiger charge is -2.25. The lowest BCUT2D eigenvalue weighted by Crippen LogP contribution is -2.42. The average molecular weight is 255 g/mol. The highest BCUT2D eigenvalue weighted by molar-refractivity contribution is 6.01. The summed E-state index contributed by atoms with van der Waals surface area (Å²) in [4.78, 5) is 21.8. The van der Waals surface area contributed by atoms with Crippen LogP contribution in [0.25, 0.3) is 0 Å². The second-order valence-corrected chi connectivity index (χ2v) is 3.89. The van der Waals surface area contributed by atoms with Gasteiger partial charge in [-0.1, -0.05) is 0 Å². The van der Waals surface area contributed by atoms with E-state index in [4.69, 9.17) is 15.3 Å². The highest BCUT2D eigenvalue weighted by Gasteiger charge is 2.37. The number of ketones is 1. The molecule has 3 N–H and O–H groups in total. The Labute approximate surface area is 102 Å². The van der Waals surface area contributed by atoms with E-state index in [-0.39, 0.29) is 11.3 Å². The van der Waals surface area contributed by atoms with Crippen LogP contribution >= 0.6 is 0 Å². The number of nitro groups is 1. The Hall–Kier alpha value is -1.83. The first kappa shape index (κ1) is 14.2. The van der Waals surface area contributed by atoms with Gasteiger partial charge in [0.2, 0.25) is 0 Å². The standard InChI is InChI=1S/C11H13NO6/c13-5-11(6-14,7-15)10(16)8-1-3-9(4-2-8)12(17)18/h1-4,13-15H,5-7H2. The fourth-order valence-corrected chi connectivity index (χ4v) is 1.41. The summed E-state index contributed by atoms with van der Waals surface area (Å²) < 4.78 is 0. The van der Waals surface area contributed by atoms with Crippen molar-refractivity contribution in [1.29, 1.82) is 0 Å². The van der Waals surface area contributed by atoms with E-state index in [0.29, 0.717) is 0 Å². The Kier molecular flexibility index (Phi) is 4.49. The van der Waals surface area contributed by atoms with Crippen LogP contribution in [0.1, 0.15) is 10.4 Å². The molecule has 0 aliphatic carbocycles. The first-order valence-electron chi connectivity index (χ1n) is 5.12. The van der Waals surface area contributed by atoms with E-state index >= 15 is 0 Å². The van der Waals surface area contributed by atoms with E-state index in [1.54, 1.807) is 0 Å². The van der Waals surface area contributed by atoms with E-state index in [1.807, 2.05) is 0 Å². The molecule has 0 fully saturated rings. The fraction of sp³-hybridized carbons (Fsp3) is 0.364. The number of carbonyl (C=O) groups excluding carboxylic acids is 1. The number of nitrogens with zero attached hydrogens (tertiary/aromatic N) is 1. The van der Waals surface area contributed by atoms with Gasteiger partial charge in [0.15, 0.2) is 5.78 Å². The summed E-state index contributed by atoms with van der Waals surface area (Å²) in [6.07, 6.45) is 0. The van der Waals surface area contributed by atoms with Crippen LogP contribution < -0.4 is 0 Å². The Morgan fingerprint density at radius 3 is 1.89 bits per heavy atom. The molecule has 0 spiro atoms. The van der Waals surface area contributed by atoms with Gasteiger partial charge in [-0.2, -0.15) is 0 Å². The van der Waals surface area contributed by atoms with E-state index in [0.717, 1.165) is 12.1 Å². The molecule has 0 unspecified atom stereocenters. The largest absolute Gasteiger partial charge is 0.395 e. The van der Waals surface area contributed by atoms with Crippen LogP contribution in [0.5, 0.6) is 0 Å². The summed E-state index contributed by atoms with van der Waals surface area (Å²) in [7, 11) is 0. The van der Waals surface area contributed by atoms with Crippen LogP contribution in [0.2, 0.25) is 0 Å². The molecule has 1 rings (SSSR count). The maximum absolute atomic E-state index is 12.0. The molecule has 0 aliphatic rings. The van der Waals surface area contributed by atoms with Crippen molar-refractivity contribution in [3.8, 4) is 0 Å². The zero-order valence-electron chi connectivity index (χ0n) is 9.44. The minimum absolute atomic E-state index is 0.0813. The molecule has 0 saturated heterocycles. The van der Waals surface area contributed by atoms with Crippen molar-refractivity contribution in [3.05, 3.63) is 39.9 Å². The SMILES string of the molecule is O=C(c1ccc([N+](=O)[O-])cc1)C(CO)(CO)CO. The Morgan fingerprint density at radius 1 is 1.11 bits per heavy atom. The van der Waals surface area contributed by atoms with E-state index in [9.17, 15) is 14.9 Å². The van der Waals surface area contributed by atoms with Gasteiger partial charge >= 0.3 is 0 Å². The second-order valence-electron chi connectivity index (χ2n) is 3.89. The summed E-state index contributed by atoms with van der Waals surface area (Å²) in [5.41, 5.74) is -1.76. The quantitative estimate of drug-likeness (QED) is 0.366. The van der Waals surface area contributed by atoms with Gasteiger partial charge in [-0.25, -0.2) is 0 Å². The van der Waals surface area contributed by atoms with Gasteiger partial charge in [-0.15, -0.1) is 0 Å². The van der Waals surface area contributed by atoms with Crippen LogP contribution in [0.4, 0.5) is 5.69 Å². The second kappa shape index (κ2) is 5.67. The summed E-state index contributed by atoms with van der Waals surface area (Å²) in [5, 5.41) is 37.8. The molecule has 0 aliphatic heterocycles. The van der Waals surface area contributed by atoms with E-state index in [1.165, 1.54) is 12.1 Å². The van der Waals surface area contributed by atoms with Crippen LogP contribution in [0.3, 0.4) is 0 Å². The van der Waals surface area contributed by atoms with Gasteiger partial charge in [-0.05, 0) is 12.1 Å². The van der Waals surface area contributed by atoms with Gasteiger partial charge in [0, 0.05) is 17.7 Å². The van der Waals surface area contributed by atoms with Crippen molar-refractivity contribution in [2.45, 2.75) is 0 Å². The predicted octanol–water partition coefficient (Wildman–Crippen LogP) is -0.259. The number of aliphatic hydroxyl groups is 3. The molecule has 0 atom stereocenters. The van der Waals surface area contributed by atoms with Gasteiger partial charge in [0.25, 0.3) is 5.69 Å². The van der Waals surface area contributed by atoms with Crippen molar-refractivity contribution in [3.63, 3.8) is 0 Å². The minimum atomic E-state index is -1.67. The maximum atomic E-state index is 12.0. The van der Waals surface area contributed by atoms with Crippen LogP contribution in [0, 0.1) is 15.5 Å². The van der Waals surface area contributed by atoms with Gasteiger partial charge in [0.1, 0.15) is 5.41 Å². The van der Waals surface area contributed by atoms with Crippen LogP contribution in [0.15, 0.2) is 24.3 Å². The molecule has 1 aromatic carbocycles. The summed E-state index contributed by atoms with van der Waals surface area (Å²) >= 11 is 0. The number of nitro benzene ring substituents is 1. The average Bonchev–Trinajstić information content (AvgIpc) is 2.41. The molecule has 18 heavy (non-hydrogen) atoms. The third kappa shape index (κ3) is 2.53. The molecule has 98 valence electrons. The maximum Gasteiger partial charge on any atom is 0.269 e. The Balaban J connectivity index is 3.06. The first-order valence-corrected chi connectivity index (χ1v) is 5.12. The number of Topliss-reactive ketones (excluding diaryl/α,β-unsaturated/α-hetero) is 1. The molecule has 0 bridgehead atoms. The number of hydrogen-bond donors (Lipinski definition) is 3. The molecular weight excluding hydrogens is 242 g/mol. The lowest BCUT2D eigenvalue weighted by atomic mass is 9.82. The van der Waals surface area contributed by atoms with Crippen molar-refractivity contribution < 1.29 is 25.0 Å². The Bertz CT molecular complexity index is 429. The van der Waals surface area contributed by atoms with Gasteiger partial charge < -0.3 is 15.3 Å². The summed E-state index contributed by atoms with van der Waals surface area (Å²) in [6, 6.07) is 4.72. The number of carbonyl (C=O) groups is 1. The van der Waals surface area contributed by atoms with Crippen LogP contribution in [-0.4, -0.2) is 45.8 Å². The normalized spacial score (nSPS) is 11.3. The zero-order chi connectivity index (χ0) is 13.8. The molecule has 7 heteroatoms. The number of aliphatic hydroxyl groups excluding tert-OH is 3. The van der Waals surface area contributed by atoms with E-state index < -0.39 is 35.9 Å². The molecule has 0 heterocycles. The fourth-order valence-electron chi connectivity index (χ4n) is 1.41. The van der Waals surface area contributed by atoms with E-state index in [2.05, 4.69) is 0 Å². The van der Waals surface area contributed by atoms with Gasteiger partial charge in [0.05, 0.1) is 24.7 Å². The smallest absolute Gasteiger partial charge is 0.269 e. The summed E-state index contributed by atoms with van der Waals surface area (Å²) in [5.74, 6) is -0.662. The van der Waals surface area contributed by atoms with Crippen molar-refractivity contribution in [1.82, 2.24) is 0 Å². The summed E-state index contributed by atoms with van der Waals surface area (Å²) in [6.45, 7) is -2.14. The zero-order valence-corrected chi connectivity index (χ0v) is 9.44. The molecule has 1 aromatic rings. The van der Waals surface area contributed by atoms with Crippen molar-refractivity contribution in [2.75, 3.05) is 19.8 Å². The first-order chi connectivity index (χ1) is 8.50.